The third-order valence-corrected chi connectivity index (χ3v) is 13.7. The number of rotatable bonds is 9. The molecule has 10 aromatic carbocycles. The number of hydrogen-bond acceptors (Lipinski definition) is 3. The van der Waals surface area contributed by atoms with Crippen LogP contribution in [0.25, 0.3) is 88.4 Å². The number of fused-ring (bicyclic) bond motifs is 6. The number of amides is 1. The molecule has 0 N–H and O–H groups in total. The first-order chi connectivity index (χ1) is 34.6. The molecule has 0 aliphatic carbocycles. The Morgan fingerprint density at radius 3 is 1.16 bits per heavy atom. The first kappa shape index (κ1) is 40.8. The summed E-state index contributed by atoms with van der Waals surface area (Å²) in [5.41, 5.74) is 17.8. The van der Waals surface area contributed by atoms with Crippen molar-refractivity contribution < 1.29 is 9.53 Å². The lowest BCUT2D eigenvalue weighted by molar-refractivity contribution is -0.115. The molecule has 2 aromatic heterocycles. The van der Waals surface area contributed by atoms with Gasteiger partial charge in [0, 0.05) is 61.7 Å². The average Bonchev–Trinajstić information content (AvgIpc) is 3.94. The van der Waals surface area contributed by atoms with Crippen LogP contribution in [-0.2, 0) is 9.53 Å². The van der Waals surface area contributed by atoms with Gasteiger partial charge in [0.05, 0.1) is 28.3 Å². The Morgan fingerprint density at radius 2 is 0.714 bits per heavy atom. The standard InChI is InChI=1S/C64H44N4O2/c69-64-39-40-70-43-65(64)50-29-19-44(20-30-50)45-21-31-53(32-22-45)66(54-33-23-46(24-34-54)48-27-37-62-58(41-48)56-15-7-9-17-60(56)67(62)51-11-3-1-4-12-51)55-35-25-47(26-36-55)49-28-38-63-59(42-49)57-16-8-10-18-61(57)68(63)52-13-5-2-6-14-52/h1-42H,43H2. The molecular formula is C64H44N4O2. The van der Waals surface area contributed by atoms with Gasteiger partial charge in [0.15, 0.2) is 6.73 Å². The van der Waals surface area contributed by atoms with Crippen molar-refractivity contribution in [3.63, 3.8) is 0 Å². The van der Waals surface area contributed by atoms with Crippen molar-refractivity contribution in [2.75, 3.05) is 16.5 Å². The van der Waals surface area contributed by atoms with E-state index in [0.29, 0.717) is 0 Å². The summed E-state index contributed by atoms with van der Waals surface area (Å²) in [6.07, 6.45) is 2.89. The number of aromatic nitrogens is 2. The highest BCUT2D eigenvalue weighted by Gasteiger charge is 2.19. The summed E-state index contributed by atoms with van der Waals surface area (Å²) in [6.45, 7) is 0.200. The minimum atomic E-state index is -0.0917. The molecule has 0 fully saturated rings. The van der Waals surface area contributed by atoms with Gasteiger partial charge in [-0.3, -0.25) is 9.69 Å². The van der Waals surface area contributed by atoms with Crippen LogP contribution < -0.4 is 9.80 Å². The van der Waals surface area contributed by atoms with Gasteiger partial charge in [-0.25, -0.2) is 0 Å². The highest BCUT2D eigenvalue weighted by Crippen LogP contribution is 2.41. The van der Waals surface area contributed by atoms with Crippen LogP contribution in [0.3, 0.4) is 0 Å². The first-order valence-electron chi connectivity index (χ1n) is 23.6. The molecule has 1 aliphatic rings. The van der Waals surface area contributed by atoms with Crippen LogP contribution >= 0.6 is 0 Å². The summed E-state index contributed by atoms with van der Waals surface area (Å²) >= 11 is 0. The second-order valence-electron chi connectivity index (χ2n) is 17.7. The zero-order chi connectivity index (χ0) is 46.5. The van der Waals surface area contributed by atoms with Crippen molar-refractivity contribution in [1.29, 1.82) is 0 Å². The van der Waals surface area contributed by atoms with Gasteiger partial charge >= 0.3 is 0 Å². The van der Waals surface area contributed by atoms with E-state index < -0.39 is 0 Å². The highest BCUT2D eigenvalue weighted by molar-refractivity contribution is 6.12. The van der Waals surface area contributed by atoms with Crippen LogP contribution in [0.2, 0.25) is 0 Å². The van der Waals surface area contributed by atoms with Gasteiger partial charge in [0.2, 0.25) is 0 Å². The first-order valence-corrected chi connectivity index (χ1v) is 23.6. The summed E-state index contributed by atoms with van der Waals surface area (Å²) in [6, 6.07) is 86.8. The van der Waals surface area contributed by atoms with E-state index >= 15 is 0 Å². The molecule has 0 saturated carbocycles. The molecule has 0 unspecified atom stereocenters. The minimum absolute atomic E-state index is 0.0917. The van der Waals surface area contributed by atoms with Crippen LogP contribution in [0, 0.1) is 0 Å². The van der Waals surface area contributed by atoms with E-state index in [1.807, 2.05) is 12.1 Å². The molecule has 6 heteroatoms. The number of nitrogens with zero attached hydrogens (tertiary/aromatic N) is 4. The van der Waals surface area contributed by atoms with Crippen LogP contribution in [-0.4, -0.2) is 21.8 Å². The van der Waals surface area contributed by atoms with Crippen LogP contribution in [0.5, 0.6) is 0 Å². The molecule has 3 heterocycles. The maximum Gasteiger partial charge on any atom is 0.256 e. The minimum Gasteiger partial charge on any atom is -0.480 e. The van der Waals surface area contributed by atoms with Gasteiger partial charge in [-0.1, -0.05) is 133 Å². The second kappa shape index (κ2) is 17.0. The van der Waals surface area contributed by atoms with Crippen molar-refractivity contribution in [1.82, 2.24) is 9.13 Å². The molecule has 0 atom stereocenters. The van der Waals surface area contributed by atoms with E-state index in [2.05, 4.69) is 245 Å². The Labute approximate surface area is 405 Å². The third kappa shape index (κ3) is 7.09. The quantitative estimate of drug-likeness (QED) is 0.145. The van der Waals surface area contributed by atoms with E-state index in [-0.39, 0.29) is 12.6 Å². The normalized spacial score (nSPS) is 12.6. The van der Waals surface area contributed by atoms with E-state index in [1.165, 1.54) is 67.1 Å². The maximum atomic E-state index is 12.5. The predicted octanol–water partition coefficient (Wildman–Crippen LogP) is 16.2. The topological polar surface area (TPSA) is 42.6 Å². The van der Waals surface area contributed by atoms with Gasteiger partial charge in [0.25, 0.3) is 5.91 Å². The Bertz CT molecular complexity index is 3730. The summed E-state index contributed by atoms with van der Waals surface area (Å²) in [5.74, 6) is -0.0917. The predicted molar refractivity (Wildman–Crippen MR) is 289 cm³/mol. The largest absolute Gasteiger partial charge is 0.480 e. The van der Waals surface area contributed by atoms with Crippen molar-refractivity contribution in [3.05, 3.63) is 255 Å². The average molecular weight is 901 g/mol. The number of ether oxygens (including phenoxy) is 1. The third-order valence-electron chi connectivity index (χ3n) is 13.7. The van der Waals surface area contributed by atoms with Crippen LogP contribution in [0.1, 0.15) is 0 Å². The number of anilines is 4. The van der Waals surface area contributed by atoms with E-state index in [9.17, 15) is 4.79 Å². The Morgan fingerprint density at radius 1 is 0.343 bits per heavy atom. The Balaban J connectivity index is 0.861. The van der Waals surface area contributed by atoms with E-state index in [4.69, 9.17) is 4.74 Å². The number of carbonyl (C=O) groups excluding carboxylic acids is 1. The molecule has 0 spiro atoms. The number of carbonyl (C=O) groups is 1. The lowest BCUT2D eigenvalue weighted by Gasteiger charge is -2.26. The van der Waals surface area contributed by atoms with E-state index in [0.717, 1.165) is 56.4 Å². The molecule has 6 nitrogen and oxygen atoms in total. The SMILES string of the molecule is O=C1C=COCN1c1ccc(-c2ccc(N(c3ccc(-c4ccc5c(c4)c4ccccc4n5-c4ccccc4)cc3)c3ccc(-c4ccc5c(c4)c4ccccc4n5-c4ccccc4)cc3)cc2)cc1. The fourth-order valence-corrected chi connectivity index (χ4v) is 10.3. The van der Waals surface area contributed by atoms with Gasteiger partial charge in [-0.15, -0.1) is 0 Å². The van der Waals surface area contributed by atoms with Gasteiger partial charge in [-0.2, -0.15) is 0 Å². The van der Waals surface area contributed by atoms with Crippen LogP contribution in [0.15, 0.2) is 255 Å². The molecule has 13 rings (SSSR count). The second-order valence-corrected chi connectivity index (χ2v) is 17.7. The Hall–Kier alpha value is -9.39. The van der Waals surface area contributed by atoms with Gasteiger partial charge in [0.1, 0.15) is 0 Å². The zero-order valence-corrected chi connectivity index (χ0v) is 38.1. The fraction of sp³-hybridized carbons (Fsp3) is 0.0156. The van der Waals surface area contributed by atoms with Gasteiger partial charge < -0.3 is 18.8 Å². The number of para-hydroxylation sites is 4. The molecule has 0 saturated heterocycles. The highest BCUT2D eigenvalue weighted by atomic mass is 16.5. The Kier molecular flexibility index (Phi) is 9.95. The van der Waals surface area contributed by atoms with Crippen molar-refractivity contribution >= 4 is 72.3 Å². The lowest BCUT2D eigenvalue weighted by atomic mass is 10.0. The summed E-state index contributed by atoms with van der Waals surface area (Å²) in [7, 11) is 0. The molecule has 1 aliphatic heterocycles. The van der Waals surface area contributed by atoms with Crippen molar-refractivity contribution in [2.24, 2.45) is 0 Å². The summed E-state index contributed by atoms with van der Waals surface area (Å²) in [4.78, 5) is 16.4. The van der Waals surface area contributed by atoms with E-state index in [1.54, 1.807) is 4.90 Å². The molecule has 332 valence electrons. The van der Waals surface area contributed by atoms with Crippen molar-refractivity contribution in [2.45, 2.75) is 0 Å². The summed E-state index contributed by atoms with van der Waals surface area (Å²) in [5, 5.41) is 4.92. The molecular weight excluding hydrogens is 857 g/mol. The molecule has 0 radical (unpaired) electrons. The van der Waals surface area contributed by atoms with Crippen LogP contribution in [0.4, 0.5) is 22.7 Å². The number of hydrogen-bond donors (Lipinski definition) is 0. The monoisotopic (exact) mass is 900 g/mol. The number of benzene rings is 10. The smallest absolute Gasteiger partial charge is 0.256 e. The lowest BCUT2D eigenvalue weighted by Crippen LogP contribution is -2.33. The van der Waals surface area contributed by atoms with Crippen molar-refractivity contribution in [3.8, 4) is 44.8 Å². The molecule has 70 heavy (non-hydrogen) atoms. The maximum absolute atomic E-state index is 12.5. The molecule has 1 amide bonds. The summed E-state index contributed by atoms with van der Waals surface area (Å²) < 4.78 is 10.1. The molecule has 12 aromatic rings. The van der Waals surface area contributed by atoms with Gasteiger partial charge in [-0.05, 0) is 143 Å². The zero-order valence-electron chi connectivity index (χ0n) is 38.1. The molecule has 0 bridgehead atoms. The fourth-order valence-electron chi connectivity index (χ4n) is 10.3.